The number of nitrogens with zero attached hydrogens (tertiary/aromatic N) is 3. The zero-order chi connectivity index (χ0) is 13.9. The predicted molar refractivity (Wildman–Crippen MR) is 85.6 cm³/mol. The van der Waals surface area contributed by atoms with Crippen LogP contribution in [-0.4, -0.2) is 31.2 Å². The second kappa shape index (κ2) is 5.81. The van der Waals surface area contributed by atoms with Gasteiger partial charge in [-0.15, -0.1) is 11.3 Å². The number of aromatic nitrogens is 1. The normalized spacial score (nSPS) is 17.3. The number of piperazine rings is 1. The van der Waals surface area contributed by atoms with Crippen LogP contribution in [0.15, 0.2) is 35.8 Å². The Morgan fingerprint density at radius 3 is 2.50 bits per heavy atom. The maximum atomic E-state index is 6.08. The van der Waals surface area contributed by atoms with Crippen LogP contribution in [-0.2, 0) is 0 Å². The van der Waals surface area contributed by atoms with Crippen molar-refractivity contribution < 1.29 is 0 Å². The lowest BCUT2D eigenvalue weighted by atomic mass is 10.1. The highest BCUT2D eigenvalue weighted by Gasteiger charge is 2.21. The van der Waals surface area contributed by atoms with E-state index in [9.17, 15) is 0 Å². The molecule has 0 bridgehead atoms. The molecule has 0 amide bonds. The quantitative estimate of drug-likeness (QED) is 0.942. The van der Waals surface area contributed by atoms with E-state index < -0.39 is 0 Å². The molecule has 1 aromatic carbocycles. The summed E-state index contributed by atoms with van der Waals surface area (Å²) in [5, 5.41) is 3.16. The van der Waals surface area contributed by atoms with Crippen molar-refractivity contribution in [2.45, 2.75) is 13.0 Å². The lowest BCUT2D eigenvalue weighted by molar-refractivity contribution is 0.646. The lowest BCUT2D eigenvalue weighted by Crippen LogP contribution is -2.47. The smallest absolute Gasteiger partial charge is 0.185 e. The Labute approximate surface area is 123 Å². The summed E-state index contributed by atoms with van der Waals surface area (Å²) in [5.41, 5.74) is 8.59. The molecule has 5 heteroatoms. The van der Waals surface area contributed by atoms with Gasteiger partial charge in [0.25, 0.3) is 0 Å². The molecule has 1 atom stereocenters. The summed E-state index contributed by atoms with van der Waals surface area (Å²) in [5.74, 6) is 0. The summed E-state index contributed by atoms with van der Waals surface area (Å²) in [6.45, 7) is 6.11. The molecule has 106 valence electrons. The van der Waals surface area contributed by atoms with Crippen LogP contribution >= 0.6 is 11.3 Å². The van der Waals surface area contributed by atoms with Gasteiger partial charge in [0.2, 0.25) is 0 Å². The molecular weight excluding hydrogens is 268 g/mol. The highest BCUT2D eigenvalue weighted by Crippen LogP contribution is 2.27. The van der Waals surface area contributed by atoms with E-state index in [0.29, 0.717) is 0 Å². The van der Waals surface area contributed by atoms with Gasteiger partial charge < -0.3 is 15.5 Å². The molecule has 2 aromatic rings. The van der Waals surface area contributed by atoms with E-state index >= 15 is 0 Å². The van der Waals surface area contributed by atoms with Crippen LogP contribution in [0, 0.1) is 0 Å². The molecule has 0 aliphatic carbocycles. The van der Waals surface area contributed by atoms with Crippen LogP contribution in [0.3, 0.4) is 0 Å². The maximum absolute atomic E-state index is 6.08. The second-order valence-electron chi connectivity index (χ2n) is 5.14. The summed E-state index contributed by atoms with van der Waals surface area (Å²) in [7, 11) is 0. The Morgan fingerprint density at radius 2 is 1.85 bits per heavy atom. The third-order valence-corrected chi connectivity index (χ3v) is 4.57. The summed E-state index contributed by atoms with van der Waals surface area (Å²) in [4.78, 5) is 9.18. The minimum absolute atomic E-state index is 0.0724. The first-order valence-electron chi connectivity index (χ1n) is 6.99. The summed E-state index contributed by atoms with van der Waals surface area (Å²) < 4.78 is 0. The Balaban J connectivity index is 1.72. The molecular formula is C15H20N4S. The highest BCUT2D eigenvalue weighted by atomic mass is 32.1. The fraction of sp³-hybridized carbons (Fsp3) is 0.400. The summed E-state index contributed by atoms with van der Waals surface area (Å²) in [6.07, 6.45) is 1.87. The second-order valence-corrected chi connectivity index (χ2v) is 6.01. The van der Waals surface area contributed by atoms with Crippen LogP contribution in [0.4, 0.5) is 10.8 Å². The minimum Gasteiger partial charge on any atom is -0.368 e. The van der Waals surface area contributed by atoms with Crippen LogP contribution in [0.5, 0.6) is 0 Å². The first kappa shape index (κ1) is 13.4. The van der Waals surface area contributed by atoms with E-state index in [2.05, 4.69) is 39.0 Å². The molecule has 4 nitrogen and oxygen atoms in total. The predicted octanol–water partition coefficient (Wildman–Crippen LogP) is 2.49. The Bertz CT molecular complexity index is 545. The third kappa shape index (κ3) is 2.64. The van der Waals surface area contributed by atoms with Crippen molar-refractivity contribution >= 4 is 22.2 Å². The number of hydrogen-bond acceptors (Lipinski definition) is 5. The Hall–Kier alpha value is -1.59. The number of thiazole rings is 1. The van der Waals surface area contributed by atoms with Gasteiger partial charge in [0.05, 0.1) is 0 Å². The molecule has 0 unspecified atom stereocenters. The van der Waals surface area contributed by atoms with Gasteiger partial charge in [0.1, 0.15) is 0 Å². The molecule has 2 heterocycles. The molecule has 0 saturated carbocycles. The van der Waals surface area contributed by atoms with Crippen LogP contribution in [0.2, 0.25) is 0 Å². The van der Waals surface area contributed by atoms with Crippen LogP contribution < -0.4 is 15.5 Å². The number of anilines is 2. The number of hydrogen-bond donors (Lipinski definition) is 1. The standard InChI is InChI=1S/C15H20N4S/c1-12(16)13-4-2-3-5-14(13)18-7-9-19(10-8-18)15-17-6-11-20-15/h2-6,11-12H,7-10,16H2,1H3/t12-/m1/s1. The lowest BCUT2D eigenvalue weighted by Gasteiger charge is -2.37. The largest absolute Gasteiger partial charge is 0.368 e. The molecule has 1 aliphatic heterocycles. The van der Waals surface area contributed by atoms with E-state index in [1.54, 1.807) is 11.3 Å². The molecule has 20 heavy (non-hydrogen) atoms. The van der Waals surface area contributed by atoms with Crippen molar-refractivity contribution in [2.75, 3.05) is 36.0 Å². The number of benzene rings is 1. The van der Waals surface area contributed by atoms with Crippen molar-refractivity contribution in [2.24, 2.45) is 5.73 Å². The van der Waals surface area contributed by atoms with Gasteiger partial charge in [-0.3, -0.25) is 0 Å². The SMILES string of the molecule is C[C@@H](N)c1ccccc1N1CCN(c2nccs2)CC1. The van der Waals surface area contributed by atoms with Crippen molar-refractivity contribution in [1.29, 1.82) is 0 Å². The fourth-order valence-corrected chi connectivity index (χ4v) is 3.37. The number of nitrogens with two attached hydrogens (primary N) is 1. The monoisotopic (exact) mass is 288 g/mol. The summed E-state index contributed by atoms with van der Waals surface area (Å²) in [6, 6.07) is 8.54. The molecule has 2 N–H and O–H groups in total. The molecule has 0 spiro atoms. The average molecular weight is 288 g/mol. The van der Waals surface area contributed by atoms with Gasteiger partial charge in [0, 0.05) is 49.5 Å². The zero-order valence-electron chi connectivity index (χ0n) is 11.7. The van der Waals surface area contributed by atoms with Gasteiger partial charge in [-0.1, -0.05) is 18.2 Å². The number of para-hydroxylation sites is 1. The number of rotatable bonds is 3. The molecule has 1 saturated heterocycles. The minimum atomic E-state index is 0.0724. The zero-order valence-corrected chi connectivity index (χ0v) is 12.5. The van der Waals surface area contributed by atoms with Crippen molar-refractivity contribution in [3.05, 3.63) is 41.4 Å². The van der Waals surface area contributed by atoms with Gasteiger partial charge in [-0.2, -0.15) is 0 Å². The van der Waals surface area contributed by atoms with E-state index in [4.69, 9.17) is 5.73 Å². The van der Waals surface area contributed by atoms with E-state index in [-0.39, 0.29) is 6.04 Å². The highest BCUT2D eigenvalue weighted by molar-refractivity contribution is 7.13. The van der Waals surface area contributed by atoms with Gasteiger partial charge in [-0.05, 0) is 18.6 Å². The molecule has 3 rings (SSSR count). The molecule has 0 radical (unpaired) electrons. The van der Waals surface area contributed by atoms with E-state index in [1.807, 2.05) is 18.5 Å². The van der Waals surface area contributed by atoms with Crippen LogP contribution in [0.25, 0.3) is 0 Å². The van der Waals surface area contributed by atoms with Crippen molar-refractivity contribution in [1.82, 2.24) is 4.98 Å². The Kier molecular flexibility index (Phi) is 3.89. The van der Waals surface area contributed by atoms with E-state index in [1.165, 1.54) is 11.3 Å². The fourth-order valence-electron chi connectivity index (χ4n) is 2.67. The molecule has 1 fully saturated rings. The Morgan fingerprint density at radius 1 is 1.15 bits per heavy atom. The topological polar surface area (TPSA) is 45.4 Å². The van der Waals surface area contributed by atoms with Gasteiger partial charge >= 0.3 is 0 Å². The van der Waals surface area contributed by atoms with Gasteiger partial charge in [0.15, 0.2) is 5.13 Å². The van der Waals surface area contributed by atoms with Crippen molar-refractivity contribution in [3.63, 3.8) is 0 Å². The molecule has 1 aliphatic rings. The maximum Gasteiger partial charge on any atom is 0.185 e. The molecule has 1 aromatic heterocycles. The van der Waals surface area contributed by atoms with Crippen LogP contribution in [0.1, 0.15) is 18.5 Å². The summed E-state index contributed by atoms with van der Waals surface area (Å²) >= 11 is 1.71. The first-order valence-corrected chi connectivity index (χ1v) is 7.87. The average Bonchev–Trinajstić information content (AvgIpc) is 3.02. The first-order chi connectivity index (χ1) is 9.75. The third-order valence-electron chi connectivity index (χ3n) is 3.74. The van der Waals surface area contributed by atoms with Crippen molar-refractivity contribution in [3.8, 4) is 0 Å². The van der Waals surface area contributed by atoms with E-state index in [0.717, 1.165) is 31.3 Å². The van der Waals surface area contributed by atoms with Gasteiger partial charge in [-0.25, -0.2) is 4.98 Å².